The van der Waals surface area contributed by atoms with Crippen LogP contribution in [0.2, 0.25) is 0 Å². The maximum absolute atomic E-state index is 13.8. The molecule has 2 heterocycles. The molecule has 0 aliphatic heterocycles. The number of rotatable bonds is 4. The summed E-state index contributed by atoms with van der Waals surface area (Å²) in [5.74, 6) is -4.37. The van der Waals surface area contributed by atoms with Gasteiger partial charge in [0.25, 0.3) is 11.8 Å². The number of primary amides is 1. The lowest BCUT2D eigenvalue weighted by Crippen LogP contribution is -2.31. The monoisotopic (exact) mass is 422 g/mol. The molecule has 0 fully saturated rings. The molecule has 30 heavy (non-hydrogen) atoms. The number of amides is 1. The molecule has 2 aromatic heterocycles. The summed E-state index contributed by atoms with van der Waals surface area (Å²) in [6.07, 6.45) is 0.685. The van der Waals surface area contributed by atoms with Gasteiger partial charge >= 0.3 is 6.18 Å². The fourth-order valence-corrected chi connectivity index (χ4v) is 3.07. The number of benzene rings is 1. The predicted molar refractivity (Wildman–Crippen MR) is 93.5 cm³/mol. The van der Waals surface area contributed by atoms with Crippen molar-refractivity contribution in [2.24, 2.45) is 5.73 Å². The highest BCUT2D eigenvalue weighted by molar-refractivity contribution is 6.22. The van der Waals surface area contributed by atoms with Crippen molar-refractivity contribution in [1.29, 1.82) is 0 Å². The Labute approximate surface area is 165 Å². The summed E-state index contributed by atoms with van der Waals surface area (Å²) in [5, 5.41) is 4.00. The Kier molecular flexibility index (Phi) is 4.36. The molecule has 7 nitrogen and oxygen atoms in total. The highest BCUT2D eigenvalue weighted by Crippen LogP contribution is 2.49. The van der Waals surface area contributed by atoms with Crippen LogP contribution in [0.25, 0.3) is 23.2 Å². The van der Waals surface area contributed by atoms with Crippen molar-refractivity contribution < 1.29 is 26.7 Å². The Morgan fingerprint density at radius 1 is 1.20 bits per heavy atom. The molecule has 1 aromatic carbocycles. The number of fused-ring (bicyclic) bond motifs is 1. The van der Waals surface area contributed by atoms with Crippen molar-refractivity contribution in [2.75, 3.05) is 0 Å². The lowest BCUT2D eigenvalue weighted by Gasteiger charge is -2.32. The number of nitrogens with two attached hydrogens (primary N) is 1. The average molecular weight is 422 g/mol. The number of alkyl halides is 5. The number of halogens is 5. The van der Waals surface area contributed by atoms with E-state index in [1.54, 1.807) is 0 Å². The quantitative estimate of drug-likeness (QED) is 0.515. The average Bonchev–Trinajstić information content (AvgIpc) is 3.13. The van der Waals surface area contributed by atoms with E-state index in [2.05, 4.69) is 20.1 Å². The molecule has 1 aliphatic carbocycles. The van der Waals surface area contributed by atoms with Crippen molar-refractivity contribution >= 4 is 17.7 Å². The van der Waals surface area contributed by atoms with Gasteiger partial charge < -0.3 is 5.73 Å². The molecule has 0 saturated carbocycles. The molecule has 154 valence electrons. The highest BCUT2D eigenvalue weighted by Gasteiger charge is 2.48. The molecule has 0 unspecified atom stereocenters. The van der Waals surface area contributed by atoms with Crippen molar-refractivity contribution in [3.8, 4) is 11.4 Å². The molecule has 1 aliphatic rings. The predicted octanol–water partition coefficient (Wildman–Crippen LogP) is 2.89. The Morgan fingerprint density at radius 2 is 1.90 bits per heavy atom. The summed E-state index contributed by atoms with van der Waals surface area (Å²) in [5.41, 5.74) is 3.58. The SMILES string of the molecule is NC(=O)/C(=C/n1cnc(-c2cc(C(F)(F)F)cc3c2CC3(F)F)n1)c1cncnc1. The van der Waals surface area contributed by atoms with E-state index in [1.165, 1.54) is 24.9 Å². The van der Waals surface area contributed by atoms with E-state index in [0.29, 0.717) is 6.07 Å². The van der Waals surface area contributed by atoms with Crippen LogP contribution in [0, 0.1) is 0 Å². The largest absolute Gasteiger partial charge is 0.416 e. The van der Waals surface area contributed by atoms with Gasteiger partial charge in [0.05, 0.1) is 11.1 Å². The van der Waals surface area contributed by atoms with Gasteiger partial charge in [-0.1, -0.05) is 0 Å². The maximum atomic E-state index is 13.8. The summed E-state index contributed by atoms with van der Waals surface area (Å²) >= 11 is 0. The Bertz CT molecular complexity index is 1170. The summed E-state index contributed by atoms with van der Waals surface area (Å²) in [6.45, 7) is 0. The zero-order chi connectivity index (χ0) is 21.7. The van der Waals surface area contributed by atoms with Gasteiger partial charge in [0.15, 0.2) is 5.82 Å². The highest BCUT2D eigenvalue weighted by atomic mass is 19.4. The van der Waals surface area contributed by atoms with E-state index < -0.39 is 35.6 Å². The van der Waals surface area contributed by atoms with Crippen LogP contribution in [-0.2, 0) is 23.3 Å². The molecule has 0 bridgehead atoms. The molecular weight excluding hydrogens is 411 g/mol. The molecule has 0 saturated heterocycles. The van der Waals surface area contributed by atoms with Crippen molar-refractivity contribution in [1.82, 2.24) is 24.7 Å². The molecule has 0 spiro atoms. The topological polar surface area (TPSA) is 99.6 Å². The smallest absolute Gasteiger partial charge is 0.366 e. The number of hydrogen-bond donors (Lipinski definition) is 1. The van der Waals surface area contributed by atoms with Gasteiger partial charge in [-0.05, 0) is 17.7 Å². The minimum absolute atomic E-state index is 0.0318. The van der Waals surface area contributed by atoms with Crippen LogP contribution in [-0.4, -0.2) is 30.6 Å². The van der Waals surface area contributed by atoms with Crippen molar-refractivity contribution in [2.45, 2.75) is 18.5 Å². The minimum Gasteiger partial charge on any atom is -0.366 e. The number of hydrogen-bond acceptors (Lipinski definition) is 5. The molecule has 1 amide bonds. The van der Waals surface area contributed by atoms with Gasteiger partial charge in [0.1, 0.15) is 12.7 Å². The second-order valence-electron chi connectivity index (χ2n) is 6.51. The van der Waals surface area contributed by atoms with E-state index in [0.717, 1.165) is 17.1 Å². The molecule has 2 N–H and O–H groups in total. The lowest BCUT2D eigenvalue weighted by atomic mass is 9.79. The fourth-order valence-electron chi connectivity index (χ4n) is 3.07. The zero-order valence-electron chi connectivity index (χ0n) is 14.9. The van der Waals surface area contributed by atoms with E-state index in [9.17, 15) is 26.7 Å². The maximum Gasteiger partial charge on any atom is 0.416 e. The first-order chi connectivity index (χ1) is 14.1. The summed E-state index contributed by atoms with van der Waals surface area (Å²) in [4.78, 5) is 23.2. The van der Waals surface area contributed by atoms with Gasteiger partial charge in [-0.25, -0.2) is 28.4 Å². The van der Waals surface area contributed by atoms with Crippen molar-refractivity contribution in [3.05, 3.63) is 59.4 Å². The van der Waals surface area contributed by atoms with Crippen LogP contribution < -0.4 is 5.73 Å². The Balaban J connectivity index is 1.78. The molecule has 0 atom stereocenters. The second kappa shape index (κ2) is 6.68. The zero-order valence-corrected chi connectivity index (χ0v) is 14.9. The van der Waals surface area contributed by atoms with Crippen LogP contribution >= 0.6 is 0 Å². The standard InChI is InChI=1S/C18H11F5N6O/c19-17(20)3-12-11(1-10(2-14(12)17)18(21,22)23)16-27-8-29(28-16)6-13(15(24)30)9-4-25-7-26-5-9/h1-2,4-8H,3H2,(H2,24,30)/b13-6+. The van der Waals surface area contributed by atoms with Gasteiger partial charge in [-0.15, -0.1) is 5.10 Å². The third kappa shape index (κ3) is 3.40. The molecule has 4 rings (SSSR count). The second-order valence-corrected chi connectivity index (χ2v) is 6.51. The van der Waals surface area contributed by atoms with Crippen LogP contribution in [0.1, 0.15) is 22.3 Å². The molecule has 3 aromatic rings. The van der Waals surface area contributed by atoms with Gasteiger partial charge in [-0.2, -0.15) is 13.2 Å². The van der Waals surface area contributed by atoms with E-state index >= 15 is 0 Å². The lowest BCUT2D eigenvalue weighted by molar-refractivity contribution is -0.138. The van der Waals surface area contributed by atoms with Crippen LogP contribution in [0.3, 0.4) is 0 Å². The van der Waals surface area contributed by atoms with E-state index in [4.69, 9.17) is 5.73 Å². The van der Waals surface area contributed by atoms with Crippen LogP contribution in [0.15, 0.2) is 37.2 Å². The third-order valence-corrected chi connectivity index (χ3v) is 4.52. The van der Waals surface area contributed by atoms with Crippen molar-refractivity contribution in [3.63, 3.8) is 0 Å². The fraction of sp³-hybridized carbons (Fsp3) is 0.167. The summed E-state index contributed by atoms with van der Waals surface area (Å²) in [6, 6.07) is 1.18. The molecular formula is C18H11F5N6O. The third-order valence-electron chi connectivity index (χ3n) is 4.52. The summed E-state index contributed by atoms with van der Waals surface area (Å²) < 4.78 is 68.1. The van der Waals surface area contributed by atoms with Gasteiger partial charge in [0.2, 0.25) is 0 Å². The summed E-state index contributed by atoms with van der Waals surface area (Å²) in [7, 11) is 0. The number of carbonyl (C=O) groups is 1. The van der Waals surface area contributed by atoms with Crippen LogP contribution in [0.4, 0.5) is 22.0 Å². The minimum atomic E-state index is -4.82. The van der Waals surface area contributed by atoms with E-state index in [-0.39, 0.29) is 28.1 Å². The van der Waals surface area contributed by atoms with Gasteiger partial charge in [0, 0.05) is 41.7 Å². The number of nitrogens with zero attached hydrogens (tertiary/aromatic N) is 5. The van der Waals surface area contributed by atoms with Crippen LogP contribution in [0.5, 0.6) is 0 Å². The normalized spacial score (nSPS) is 15.4. The number of aromatic nitrogens is 5. The Morgan fingerprint density at radius 3 is 2.50 bits per heavy atom. The molecule has 12 heteroatoms. The molecule has 0 radical (unpaired) electrons. The van der Waals surface area contributed by atoms with E-state index in [1.807, 2.05) is 0 Å². The van der Waals surface area contributed by atoms with Gasteiger partial charge in [-0.3, -0.25) is 4.79 Å². The number of carbonyl (C=O) groups excluding carboxylic acids is 1. The first-order valence-electron chi connectivity index (χ1n) is 8.37. The first-order valence-corrected chi connectivity index (χ1v) is 8.37. The Hall–Kier alpha value is -3.70. The first kappa shape index (κ1) is 19.6.